The first-order valence-corrected chi connectivity index (χ1v) is 6.97. The van der Waals surface area contributed by atoms with Crippen molar-refractivity contribution < 1.29 is 0 Å². The van der Waals surface area contributed by atoms with Crippen molar-refractivity contribution in [1.29, 1.82) is 0 Å². The molecule has 2 rings (SSSR count). The SMILES string of the molecule is Cc1nc(Cl)c(C)c(NCCC2=CCCCC2)n1. The number of aromatic nitrogens is 2. The Morgan fingerprint density at radius 3 is 2.83 bits per heavy atom. The summed E-state index contributed by atoms with van der Waals surface area (Å²) in [6.07, 6.45) is 8.66. The highest BCUT2D eigenvalue weighted by molar-refractivity contribution is 6.30. The van der Waals surface area contributed by atoms with Gasteiger partial charge >= 0.3 is 0 Å². The van der Waals surface area contributed by atoms with E-state index < -0.39 is 0 Å². The Bertz CT molecular complexity index is 455. The molecule has 1 aromatic heterocycles. The predicted molar refractivity (Wildman–Crippen MR) is 76.2 cm³/mol. The molecule has 0 radical (unpaired) electrons. The molecule has 1 aromatic rings. The van der Waals surface area contributed by atoms with Crippen LogP contribution in [0.5, 0.6) is 0 Å². The topological polar surface area (TPSA) is 37.8 Å². The van der Waals surface area contributed by atoms with Crippen molar-refractivity contribution in [1.82, 2.24) is 9.97 Å². The predicted octanol–water partition coefficient (Wildman–Crippen LogP) is 4.05. The van der Waals surface area contributed by atoms with E-state index >= 15 is 0 Å². The number of nitrogens with zero attached hydrogens (tertiary/aromatic N) is 2. The van der Waals surface area contributed by atoms with E-state index in [-0.39, 0.29) is 0 Å². The van der Waals surface area contributed by atoms with Gasteiger partial charge in [-0.1, -0.05) is 23.3 Å². The van der Waals surface area contributed by atoms with Gasteiger partial charge in [0.05, 0.1) is 0 Å². The van der Waals surface area contributed by atoms with Gasteiger partial charge in [-0.05, 0) is 46.0 Å². The van der Waals surface area contributed by atoms with E-state index in [1.165, 1.54) is 25.7 Å². The van der Waals surface area contributed by atoms with Crippen LogP contribution in [0.3, 0.4) is 0 Å². The first kappa shape index (κ1) is 13.3. The van der Waals surface area contributed by atoms with Crippen LogP contribution in [0.4, 0.5) is 5.82 Å². The maximum Gasteiger partial charge on any atom is 0.137 e. The number of nitrogens with one attached hydrogen (secondary N) is 1. The number of halogens is 1. The second-order valence-corrected chi connectivity index (χ2v) is 5.18. The molecular weight excluding hydrogens is 246 g/mol. The summed E-state index contributed by atoms with van der Waals surface area (Å²) in [5.41, 5.74) is 2.50. The third-order valence-electron chi connectivity index (χ3n) is 3.32. The summed E-state index contributed by atoms with van der Waals surface area (Å²) in [5, 5.41) is 3.91. The molecule has 0 bridgehead atoms. The highest BCUT2D eigenvalue weighted by Crippen LogP contribution is 2.22. The molecule has 1 aliphatic rings. The molecule has 0 atom stereocenters. The number of hydrogen-bond acceptors (Lipinski definition) is 3. The standard InChI is InChI=1S/C14H20ClN3/c1-10-13(15)17-11(2)18-14(10)16-9-8-12-6-4-3-5-7-12/h6H,3-5,7-9H2,1-2H3,(H,16,17,18). The average Bonchev–Trinajstić information content (AvgIpc) is 2.36. The molecule has 0 fully saturated rings. The lowest BCUT2D eigenvalue weighted by Gasteiger charge is -2.14. The van der Waals surface area contributed by atoms with Gasteiger partial charge in [0, 0.05) is 12.1 Å². The molecule has 0 aliphatic heterocycles. The van der Waals surface area contributed by atoms with Gasteiger partial charge in [-0.2, -0.15) is 0 Å². The van der Waals surface area contributed by atoms with E-state index in [4.69, 9.17) is 11.6 Å². The van der Waals surface area contributed by atoms with Gasteiger partial charge in [0.2, 0.25) is 0 Å². The fourth-order valence-electron chi connectivity index (χ4n) is 2.24. The van der Waals surface area contributed by atoms with Crippen molar-refractivity contribution in [2.45, 2.75) is 46.0 Å². The molecule has 0 saturated heterocycles. The lowest BCUT2D eigenvalue weighted by atomic mass is 9.97. The average molecular weight is 266 g/mol. The summed E-state index contributed by atoms with van der Waals surface area (Å²) in [4.78, 5) is 8.52. The van der Waals surface area contributed by atoms with E-state index in [2.05, 4.69) is 21.4 Å². The van der Waals surface area contributed by atoms with Gasteiger partial charge in [-0.15, -0.1) is 0 Å². The molecular formula is C14H20ClN3. The van der Waals surface area contributed by atoms with E-state index in [1.54, 1.807) is 5.57 Å². The Balaban J connectivity index is 1.92. The Labute approximate surface area is 114 Å². The molecule has 0 unspecified atom stereocenters. The number of anilines is 1. The number of rotatable bonds is 4. The Hall–Kier alpha value is -1.09. The minimum atomic E-state index is 0.543. The van der Waals surface area contributed by atoms with Crippen LogP contribution >= 0.6 is 11.6 Å². The summed E-state index contributed by atoms with van der Waals surface area (Å²) in [5.74, 6) is 1.58. The minimum Gasteiger partial charge on any atom is -0.369 e. The fourth-order valence-corrected chi connectivity index (χ4v) is 2.45. The Morgan fingerprint density at radius 2 is 2.11 bits per heavy atom. The second-order valence-electron chi connectivity index (χ2n) is 4.82. The molecule has 3 nitrogen and oxygen atoms in total. The molecule has 98 valence electrons. The molecule has 18 heavy (non-hydrogen) atoms. The third kappa shape index (κ3) is 3.45. The smallest absolute Gasteiger partial charge is 0.137 e. The van der Waals surface area contributed by atoms with E-state index in [9.17, 15) is 0 Å². The van der Waals surface area contributed by atoms with Crippen molar-refractivity contribution in [2.75, 3.05) is 11.9 Å². The van der Waals surface area contributed by atoms with Crippen molar-refractivity contribution in [3.05, 3.63) is 28.2 Å². The van der Waals surface area contributed by atoms with Crippen molar-refractivity contribution in [3.8, 4) is 0 Å². The van der Waals surface area contributed by atoms with Crippen LogP contribution < -0.4 is 5.32 Å². The Kier molecular flexibility index (Phi) is 4.59. The summed E-state index contributed by atoms with van der Waals surface area (Å²) in [6.45, 7) is 4.73. The molecule has 0 spiro atoms. The number of allylic oxidation sites excluding steroid dienone is 1. The largest absolute Gasteiger partial charge is 0.369 e. The van der Waals surface area contributed by atoms with E-state index in [0.29, 0.717) is 11.0 Å². The zero-order valence-corrected chi connectivity index (χ0v) is 11.8. The van der Waals surface area contributed by atoms with Gasteiger partial charge in [-0.3, -0.25) is 0 Å². The highest BCUT2D eigenvalue weighted by atomic mass is 35.5. The van der Waals surface area contributed by atoms with Crippen LogP contribution in [0.1, 0.15) is 43.5 Å². The summed E-state index contributed by atoms with van der Waals surface area (Å²) in [6, 6.07) is 0. The van der Waals surface area contributed by atoms with Gasteiger partial charge in [0.15, 0.2) is 0 Å². The molecule has 0 amide bonds. The lowest BCUT2D eigenvalue weighted by Crippen LogP contribution is -2.08. The van der Waals surface area contributed by atoms with Crippen LogP contribution in [0, 0.1) is 13.8 Å². The fraction of sp³-hybridized carbons (Fsp3) is 0.571. The minimum absolute atomic E-state index is 0.543. The first-order valence-electron chi connectivity index (χ1n) is 6.59. The third-order valence-corrected chi connectivity index (χ3v) is 3.69. The van der Waals surface area contributed by atoms with Crippen molar-refractivity contribution in [2.24, 2.45) is 0 Å². The first-order chi connectivity index (χ1) is 8.66. The Morgan fingerprint density at radius 1 is 1.28 bits per heavy atom. The normalized spacial score (nSPS) is 15.4. The molecule has 4 heteroatoms. The van der Waals surface area contributed by atoms with Crippen LogP contribution in [0.25, 0.3) is 0 Å². The van der Waals surface area contributed by atoms with Crippen LogP contribution in [0.2, 0.25) is 5.15 Å². The summed E-state index contributed by atoms with van der Waals surface area (Å²) >= 11 is 6.04. The molecule has 1 aliphatic carbocycles. The monoisotopic (exact) mass is 265 g/mol. The number of aryl methyl sites for hydroxylation is 1. The van der Waals surface area contributed by atoms with E-state index in [0.717, 1.165) is 24.3 Å². The molecule has 0 aromatic carbocycles. The van der Waals surface area contributed by atoms with Crippen LogP contribution in [0.15, 0.2) is 11.6 Å². The second kappa shape index (κ2) is 6.19. The van der Waals surface area contributed by atoms with Crippen molar-refractivity contribution >= 4 is 17.4 Å². The maximum absolute atomic E-state index is 6.04. The summed E-state index contributed by atoms with van der Waals surface area (Å²) in [7, 11) is 0. The quantitative estimate of drug-likeness (QED) is 0.659. The lowest BCUT2D eigenvalue weighted by molar-refractivity contribution is 0.679. The zero-order chi connectivity index (χ0) is 13.0. The van der Waals surface area contributed by atoms with Crippen molar-refractivity contribution in [3.63, 3.8) is 0 Å². The highest BCUT2D eigenvalue weighted by Gasteiger charge is 2.08. The maximum atomic E-state index is 6.04. The van der Waals surface area contributed by atoms with E-state index in [1.807, 2.05) is 13.8 Å². The molecule has 0 saturated carbocycles. The van der Waals surface area contributed by atoms with Gasteiger partial charge < -0.3 is 5.32 Å². The van der Waals surface area contributed by atoms with Gasteiger partial charge in [0.1, 0.15) is 16.8 Å². The van der Waals surface area contributed by atoms with Crippen LogP contribution in [-0.4, -0.2) is 16.5 Å². The number of hydrogen-bond donors (Lipinski definition) is 1. The summed E-state index contributed by atoms with van der Waals surface area (Å²) < 4.78 is 0. The van der Waals surface area contributed by atoms with Gasteiger partial charge in [0.25, 0.3) is 0 Å². The molecule has 1 heterocycles. The zero-order valence-electron chi connectivity index (χ0n) is 11.1. The molecule has 1 N–H and O–H groups in total. The van der Waals surface area contributed by atoms with Gasteiger partial charge in [-0.25, -0.2) is 9.97 Å². The van der Waals surface area contributed by atoms with Crippen LogP contribution in [-0.2, 0) is 0 Å².